The van der Waals surface area contributed by atoms with E-state index < -0.39 is 0 Å². The molecule has 0 spiro atoms. The van der Waals surface area contributed by atoms with Crippen LogP contribution in [0.3, 0.4) is 0 Å². The molecule has 0 saturated heterocycles. The third kappa shape index (κ3) is 5.65. The van der Waals surface area contributed by atoms with Gasteiger partial charge in [0.25, 0.3) is 0 Å². The molecule has 0 unspecified atom stereocenters. The van der Waals surface area contributed by atoms with Crippen molar-refractivity contribution >= 4 is 43.7 Å². The van der Waals surface area contributed by atoms with Crippen LogP contribution in [0.25, 0.3) is 94.3 Å². The summed E-state index contributed by atoms with van der Waals surface area (Å²) in [4.78, 5) is 14.0. The van der Waals surface area contributed by atoms with Crippen LogP contribution in [0.15, 0.2) is 187 Å². The maximum atomic E-state index is 6.50. The molecular weight excluding hydrogens is 649 g/mol. The summed E-state index contributed by atoms with van der Waals surface area (Å²) < 4.78 is 8.86. The molecule has 5 heterocycles. The van der Waals surface area contributed by atoms with Gasteiger partial charge in [0.15, 0.2) is 0 Å². The highest BCUT2D eigenvalue weighted by Gasteiger charge is 2.19. The van der Waals surface area contributed by atoms with Gasteiger partial charge in [0.05, 0.1) is 28.1 Å². The maximum absolute atomic E-state index is 6.50. The van der Waals surface area contributed by atoms with Crippen molar-refractivity contribution in [2.75, 3.05) is 0 Å². The number of furan rings is 1. The lowest BCUT2D eigenvalue weighted by molar-refractivity contribution is 0.669. The lowest BCUT2D eigenvalue weighted by Gasteiger charge is -2.11. The van der Waals surface area contributed by atoms with E-state index in [1.807, 2.05) is 74.0 Å². The van der Waals surface area contributed by atoms with E-state index in [2.05, 4.69) is 124 Å². The zero-order valence-corrected chi connectivity index (χ0v) is 29.1. The van der Waals surface area contributed by atoms with E-state index >= 15 is 0 Å². The largest absolute Gasteiger partial charge is 0.456 e. The summed E-state index contributed by atoms with van der Waals surface area (Å²) >= 11 is 0. The molecule has 0 atom stereocenters. The molecule has 0 fully saturated rings. The van der Waals surface area contributed by atoms with E-state index in [0.717, 1.165) is 83.6 Å². The molecule has 252 valence electrons. The Balaban J connectivity index is 0.00000120. The van der Waals surface area contributed by atoms with E-state index in [4.69, 9.17) is 9.40 Å². The lowest BCUT2D eigenvalue weighted by Crippen LogP contribution is -1.93. The third-order valence-electron chi connectivity index (χ3n) is 9.58. The van der Waals surface area contributed by atoms with Crippen molar-refractivity contribution in [3.8, 4) is 50.6 Å². The SMILES string of the molecule is C=CC.c1ccc(-c2ccccc2-c2ccc3c(c2)c2ccccc2n3-c2ccc3oc4cc(-c5ccccn5)c(-c5ccccn5)cc4c3c2)nc1. The molecule has 5 aromatic carbocycles. The van der Waals surface area contributed by atoms with Crippen molar-refractivity contribution in [3.05, 3.63) is 183 Å². The van der Waals surface area contributed by atoms with Crippen LogP contribution in [-0.2, 0) is 0 Å². The summed E-state index contributed by atoms with van der Waals surface area (Å²) in [5, 5.41) is 4.49. The fourth-order valence-electron chi connectivity index (χ4n) is 7.32. The van der Waals surface area contributed by atoms with Gasteiger partial charge in [-0.2, -0.15) is 0 Å². The van der Waals surface area contributed by atoms with Crippen molar-refractivity contribution in [2.24, 2.45) is 0 Å². The summed E-state index contributed by atoms with van der Waals surface area (Å²) in [6, 6.07) is 52.8. The predicted octanol–water partition coefficient (Wildman–Crippen LogP) is 12.7. The maximum Gasteiger partial charge on any atom is 0.136 e. The molecule has 53 heavy (non-hydrogen) atoms. The molecule has 0 aliphatic carbocycles. The van der Waals surface area contributed by atoms with E-state index in [-0.39, 0.29) is 0 Å². The Hall–Kier alpha value is -7.11. The number of para-hydroxylation sites is 1. The second-order valence-corrected chi connectivity index (χ2v) is 12.9. The molecule has 0 N–H and O–H groups in total. The molecule has 10 aromatic rings. The second kappa shape index (κ2) is 13.5. The van der Waals surface area contributed by atoms with E-state index in [1.54, 1.807) is 6.08 Å². The Morgan fingerprint density at radius 2 is 1.04 bits per heavy atom. The first kappa shape index (κ1) is 31.8. The normalized spacial score (nSPS) is 11.2. The molecule has 0 radical (unpaired) electrons. The standard InChI is InChI=1S/C45H28N4O.C3H6/c1-2-12-32(39-14-5-8-22-46-39)31(11-1)29-18-20-43-36(25-29)33-13-3-4-17-42(33)49(43)30-19-21-44-37(26-30)38-27-34(40-15-6-9-23-47-40)35(28-45(38)50-44)41-16-7-10-24-48-41;1-3-2/h1-28H;3H,1H2,2H3. The Morgan fingerprint density at radius 3 is 1.72 bits per heavy atom. The Bertz CT molecular complexity index is 2910. The molecule has 0 aliphatic rings. The number of benzene rings is 5. The zero-order valence-electron chi connectivity index (χ0n) is 29.1. The molecule has 0 aliphatic heterocycles. The van der Waals surface area contributed by atoms with Gasteiger partial charge in [0.2, 0.25) is 0 Å². The van der Waals surface area contributed by atoms with Crippen molar-refractivity contribution in [3.63, 3.8) is 0 Å². The number of aromatic nitrogens is 4. The minimum atomic E-state index is 0.816. The van der Waals surface area contributed by atoms with Crippen LogP contribution in [-0.4, -0.2) is 19.5 Å². The minimum absolute atomic E-state index is 0.816. The van der Waals surface area contributed by atoms with Gasteiger partial charge in [-0.25, -0.2) is 0 Å². The molecule has 0 amide bonds. The quantitative estimate of drug-likeness (QED) is 0.170. The first-order chi connectivity index (χ1) is 26.2. The van der Waals surface area contributed by atoms with Gasteiger partial charge in [0.1, 0.15) is 11.2 Å². The van der Waals surface area contributed by atoms with Gasteiger partial charge in [-0.3, -0.25) is 15.0 Å². The van der Waals surface area contributed by atoms with Crippen LogP contribution in [0, 0.1) is 0 Å². The van der Waals surface area contributed by atoms with Gasteiger partial charge < -0.3 is 8.98 Å². The third-order valence-corrected chi connectivity index (χ3v) is 9.58. The average Bonchev–Trinajstić information content (AvgIpc) is 3.76. The summed E-state index contributed by atoms with van der Waals surface area (Å²) in [5.41, 5.74) is 13.2. The molecule has 5 heteroatoms. The second-order valence-electron chi connectivity index (χ2n) is 12.9. The van der Waals surface area contributed by atoms with Crippen LogP contribution in [0.5, 0.6) is 0 Å². The van der Waals surface area contributed by atoms with Gasteiger partial charge >= 0.3 is 0 Å². The van der Waals surface area contributed by atoms with Gasteiger partial charge in [-0.05, 0) is 103 Å². The molecule has 5 aromatic heterocycles. The highest BCUT2D eigenvalue weighted by Crippen LogP contribution is 2.41. The number of rotatable bonds is 5. The van der Waals surface area contributed by atoms with Crippen molar-refractivity contribution in [2.45, 2.75) is 6.92 Å². The number of pyridine rings is 3. The van der Waals surface area contributed by atoms with E-state index in [9.17, 15) is 0 Å². The summed E-state index contributed by atoms with van der Waals surface area (Å²) in [7, 11) is 0. The van der Waals surface area contributed by atoms with Crippen LogP contribution < -0.4 is 0 Å². The highest BCUT2D eigenvalue weighted by atomic mass is 16.3. The highest BCUT2D eigenvalue weighted by molar-refractivity contribution is 6.12. The van der Waals surface area contributed by atoms with E-state index in [1.165, 1.54) is 10.8 Å². The molecular formula is C48H34N4O. The molecule has 5 nitrogen and oxygen atoms in total. The van der Waals surface area contributed by atoms with Crippen LogP contribution >= 0.6 is 0 Å². The van der Waals surface area contributed by atoms with Crippen LogP contribution in [0.1, 0.15) is 6.92 Å². The summed E-state index contributed by atoms with van der Waals surface area (Å²) in [6.07, 6.45) is 7.25. The summed E-state index contributed by atoms with van der Waals surface area (Å²) in [6.45, 7) is 5.25. The van der Waals surface area contributed by atoms with Crippen LogP contribution in [0.2, 0.25) is 0 Å². The molecule has 0 saturated carbocycles. The Labute approximate surface area is 307 Å². The fourth-order valence-corrected chi connectivity index (χ4v) is 7.32. The first-order valence-corrected chi connectivity index (χ1v) is 17.7. The van der Waals surface area contributed by atoms with E-state index in [0.29, 0.717) is 0 Å². The van der Waals surface area contributed by atoms with Crippen molar-refractivity contribution in [1.82, 2.24) is 19.5 Å². The monoisotopic (exact) mass is 682 g/mol. The molecule has 0 bridgehead atoms. The van der Waals surface area contributed by atoms with Crippen molar-refractivity contribution < 1.29 is 4.42 Å². The Morgan fingerprint density at radius 1 is 0.472 bits per heavy atom. The number of nitrogens with zero attached hydrogens (tertiary/aromatic N) is 4. The van der Waals surface area contributed by atoms with Crippen LogP contribution in [0.4, 0.5) is 0 Å². The minimum Gasteiger partial charge on any atom is -0.456 e. The number of hydrogen-bond donors (Lipinski definition) is 0. The van der Waals surface area contributed by atoms with Crippen molar-refractivity contribution in [1.29, 1.82) is 0 Å². The number of allylic oxidation sites excluding steroid dienone is 1. The first-order valence-electron chi connectivity index (χ1n) is 17.7. The lowest BCUT2D eigenvalue weighted by atomic mass is 9.96. The summed E-state index contributed by atoms with van der Waals surface area (Å²) in [5.74, 6) is 0. The van der Waals surface area contributed by atoms with Gasteiger partial charge in [-0.15, -0.1) is 6.58 Å². The number of fused-ring (bicyclic) bond motifs is 6. The fraction of sp³-hybridized carbons (Fsp3) is 0.0208. The van der Waals surface area contributed by atoms with Gasteiger partial charge in [0, 0.05) is 62.5 Å². The topological polar surface area (TPSA) is 56.7 Å². The zero-order chi connectivity index (χ0) is 35.7. The van der Waals surface area contributed by atoms with Gasteiger partial charge in [-0.1, -0.05) is 72.8 Å². The Kier molecular flexibility index (Phi) is 8.14. The molecule has 10 rings (SSSR count). The smallest absolute Gasteiger partial charge is 0.136 e. The average molecular weight is 683 g/mol. The number of hydrogen-bond acceptors (Lipinski definition) is 4. The predicted molar refractivity (Wildman–Crippen MR) is 219 cm³/mol.